The van der Waals surface area contributed by atoms with Gasteiger partial charge < -0.3 is 19.3 Å². The summed E-state index contributed by atoms with van der Waals surface area (Å²) in [6.07, 6.45) is -4.21. The minimum atomic E-state index is -2.16. The van der Waals surface area contributed by atoms with Gasteiger partial charge in [-0.1, -0.05) is 36.4 Å². The van der Waals surface area contributed by atoms with Crippen LogP contribution in [0.25, 0.3) is 10.8 Å². The molecule has 1 N–H and O–H groups in total. The third-order valence-electron chi connectivity index (χ3n) is 5.53. The summed E-state index contributed by atoms with van der Waals surface area (Å²) in [5, 5.41) is 11.3. The molecule has 10 nitrogen and oxygen atoms in total. The minimum Gasteiger partial charge on any atom is -0.467 e. The molecule has 35 heavy (non-hydrogen) atoms. The Morgan fingerprint density at radius 1 is 0.800 bits per heavy atom. The number of hydrogen-bond acceptors (Lipinski definition) is 9. The molecule has 2 atom stereocenters. The van der Waals surface area contributed by atoms with Crippen LogP contribution in [0.5, 0.6) is 0 Å². The van der Waals surface area contributed by atoms with E-state index in [1.165, 1.54) is 24.3 Å². The predicted octanol–water partition coefficient (Wildman–Crippen LogP) is 1.87. The number of benzene rings is 3. The number of nitrogens with zero attached hydrogens (tertiary/aromatic N) is 1. The highest BCUT2D eigenvalue weighted by Crippen LogP contribution is 2.34. The van der Waals surface area contributed by atoms with E-state index in [0.29, 0.717) is 10.8 Å². The van der Waals surface area contributed by atoms with Crippen molar-refractivity contribution in [3.05, 3.63) is 77.4 Å². The number of para-hydroxylation sites is 1. The first-order valence-corrected chi connectivity index (χ1v) is 10.3. The van der Waals surface area contributed by atoms with E-state index in [0.717, 1.165) is 19.1 Å². The van der Waals surface area contributed by atoms with Crippen molar-refractivity contribution in [2.45, 2.75) is 12.2 Å². The smallest absolute Gasteiger partial charge is 0.350 e. The number of amides is 2. The summed E-state index contributed by atoms with van der Waals surface area (Å²) in [6.45, 7) is 0. The fraction of sp³-hybridized carbons (Fsp3) is 0.160. The van der Waals surface area contributed by atoms with Crippen molar-refractivity contribution >= 4 is 46.2 Å². The molecule has 0 bridgehead atoms. The van der Waals surface area contributed by atoms with E-state index in [4.69, 9.17) is 4.74 Å². The van der Waals surface area contributed by atoms with Gasteiger partial charge in [0.25, 0.3) is 11.8 Å². The van der Waals surface area contributed by atoms with Crippen molar-refractivity contribution in [1.29, 1.82) is 0 Å². The second-order valence-electron chi connectivity index (χ2n) is 7.49. The standard InChI is InChI=1S/C25H19NO9/c1-33-24(31)19(27)20(25(32)34-2)35-23(30)14-9-3-4-12-17(14)26-21(28)15-10-5-7-13-8-6-11-16(18(13)15)22(26)29/h3-12,19-20,27H,1-2H3/t19-,20-/m0/s1. The van der Waals surface area contributed by atoms with Crippen LogP contribution in [0.2, 0.25) is 0 Å². The molecule has 0 radical (unpaired) electrons. The third kappa shape index (κ3) is 4.00. The highest BCUT2D eigenvalue weighted by molar-refractivity contribution is 6.36. The molecule has 178 valence electrons. The van der Waals surface area contributed by atoms with E-state index in [2.05, 4.69) is 9.47 Å². The van der Waals surface area contributed by atoms with Gasteiger partial charge in [-0.15, -0.1) is 0 Å². The van der Waals surface area contributed by atoms with Gasteiger partial charge in [-0.3, -0.25) is 9.59 Å². The van der Waals surface area contributed by atoms with Gasteiger partial charge in [0.05, 0.1) is 25.5 Å². The first kappa shape index (κ1) is 23.6. The lowest BCUT2D eigenvalue weighted by atomic mass is 9.93. The largest absolute Gasteiger partial charge is 0.467 e. The molecule has 10 heteroatoms. The van der Waals surface area contributed by atoms with E-state index >= 15 is 0 Å². The summed E-state index contributed by atoms with van der Waals surface area (Å²) >= 11 is 0. The van der Waals surface area contributed by atoms with Crippen molar-refractivity contribution < 1.29 is 43.3 Å². The van der Waals surface area contributed by atoms with Gasteiger partial charge in [0, 0.05) is 16.5 Å². The summed E-state index contributed by atoms with van der Waals surface area (Å²) < 4.78 is 14.0. The van der Waals surface area contributed by atoms with Gasteiger partial charge in [0.15, 0.2) is 6.10 Å². The molecule has 3 aromatic rings. The summed E-state index contributed by atoms with van der Waals surface area (Å²) in [4.78, 5) is 64.5. The van der Waals surface area contributed by atoms with E-state index in [-0.39, 0.29) is 22.4 Å². The molecule has 0 saturated heterocycles. The molecule has 0 unspecified atom stereocenters. The Labute approximate surface area is 198 Å². The Morgan fingerprint density at radius 3 is 1.94 bits per heavy atom. The van der Waals surface area contributed by atoms with Gasteiger partial charge in [-0.05, 0) is 29.7 Å². The van der Waals surface area contributed by atoms with Gasteiger partial charge in [-0.2, -0.15) is 0 Å². The zero-order valence-corrected chi connectivity index (χ0v) is 18.6. The lowest BCUT2D eigenvalue weighted by Gasteiger charge is -2.28. The zero-order chi connectivity index (χ0) is 25.3. The van der Waals surface area contributed by atoms with Crippen molar-refractivity contribution in [1.82, 2.24) is 0 Å². The van der Waals surface area contributed by atoms with Gasteiger partial charge in [0.2, 0.25) is 6.10 Å². The molecule has 0 spiro atoms. The van der Waals surface area contributed by atoms with Crippen molar-refractivity contribution in [2.24, 2.45) is 0 Å². The van der Waals surface area contributed by atoms with Crippen LogP contribution in [0.4, 0.5) is 5.69 Å². The van der Waals surface area contributed by atoms with Crippen LogP contribution in [0, 0.1) is 0 Å². The molecule has 1 aliphatic rings. The molecule has 0 aromatic heterocycles. The van der Waals surface area contributed by atoms with E-state index in [1.54, 1.807) is 36.4 Å². The summed E-state index contributed by atoms with van der Waals surface area (Å²) in [6, 6.07) is 15.7. The Kier molecular flexibility index (Phi) is 6.30. The fourth-order valence-corrected chi connectivity index (χ4v) is 3.87. The maximum atomic E-state index is 13.4. The minimum absolute atomic E-state index is 0.102. The highest BCUT2D eigenvalue weighted by atomic mass is 16.6. The average Bonchev–Trinajstić information content (AvgIpc) is 2.89. The van der Waals surface area contributed by atoms with Crippen molar-refractivity contribution in [3.8, 4) is 0 Å². The number of methoxy groups -OCH3 is 2. The lowest BCUT2D eigenvalue weighted by molar-refractivity contribution is -0.170. The molecule has 0 fully saturated rings. The second-order valence-corrected chi connectivity index (χ2v) is 7.49. The van der Waals surface area contributed by atoms with Crippen LogP contribution in [-0.2, 0) is 23.8 Å². The normalized spacial score (nSPS) is 14.3. The fourth-order valence-electron chi connectivity index (χ4n) is 3.87. The van der Waals surface area contributed by atoms with Crippen LogP contribution in [0.1, 0.15) is 31.1 Å². The van der Waals surface area contributed by atoms with E-state index in [9.17, 15) is 29.1 Å². The Hall–Kier alpha value is -4.57. The number of carbonyl (C=O) groups excluding carboxylic acids is 5. The molecular formula is C25H19NO9. The second kappa shape index (κ2) is 9.35. The molecular weight excluding hydrogens is 458 g/mol. The molecule has 1 aliphatic heterocycles. The average molecular weight is 477 g/mol. The van der Waals surface area contributed by atoms with Gasteiger partial charge >= 0.3 is 17.9 Å². The lowest BCUT2D eigenvalue weighted by Crippen LogP contribution is -2.45. The monoisotopic (exact) mass is 477 g/mol. The zero-order valence-electron chi connectivity index (χ0n) is 18.6. The number of aliphatic hydroxyl groups is 1. The van der Waals surface area contributed by atoms with Crippen molar-refractivity contribution in [3.63, 3.8) is 0 Å². The molecule has 1 heterocycles. The Morgan fingerprint density at radius 2 is 1.37 bits per heavy atom. The van der Waals surface area contributed by atoms with Crippen LogP contribution in [-0.4, -0.2) is 61.3 Å². The molecule has 0 saturated carbocycles. The number of rotatable bonds is 6. The quantitative estimate of drug-likeness (QED) is 0.320. The molecule has 4 rings (SSSR count). The third-order valence-corrected chi connectivity index (χ3v) is 5.53. The van der Waals surface area contributed by atoms with Crippen LogP contribution in [0.3, 0.4) is 0 Å². The van der Waals surface area contributed by atoms with E-state index in [1.807, 2.05) is 0 Å². The maximum Gasteiger partial charge on any atom is 0.350 e. The Bertz CT molecular complexity index is 1330. The SMILES string of the molecule is COC(=O)[C@@H](O)[C@H](OC(=O)c1ccccc1N1C(=O)c2cccc3cccc(c23)C1=O)C(=O)OC. The Balaban J connectivity index is 1.75. The predicted molar refractivity (Wildman–Crippen MR) is 121 cm³/mol. The molecule has 3 aromatic carbocycles. The summed E-state index contributed by atoms with van der Waals surface area (Å²) in [5.41, 5.74) is 0.186. The molecule has 0 aliphatic carbocycles. The van der Waals surface area contributed by atoms with Crippen molar-refractivity contribution in [2.75, 3.05) is 19.1 Å². The number of carbonyl (C=O) groups is 5. The maximum absolute atomic E-state index is 13.4. The van der Waals surface area contributed by atoms with Crippen LogP contribution < -0.4 is 4.90 Å². The number of anilines is 1. The first-order chi connectivity index (χ1) is 16.8. The number of imide groups is 1. The molecule has 2 amide bonds. The van der Waals surface area contributed by atoms with Crippen LogP contribution in [0.15, 0.2) is 60.7 Å². The topological polar surface area (TPSA) is 137 Å². The van der Waals surface area contributed by atoms with E-state index < -0.39 is 41.9 Å². The first-order valence-electron chi connectivity index (χ1n) is 10.3. The van der Waals surface area contributed by atoms with Gasteiger partial charge in [0.1, 0.15) is 0 Å². The number of aliphatic hydroxyl groups excluding tert-OH is 1. The number of hydrogen-bond donors (Lipinski definition) is 1. The summed E-state index contributed by atoms with van der Waals surface area (Å²) in [7, 11) is 1.95. The summed E-state index contributed by atoms with van der Waals surface area (Å²) in [5.74, 6) is -4.93. The van der Waals surface area contributed by atoms with Gasteiger partial charge in [-0.25, -0.2) is 19.3 Å². The number of esters is 3. The van der Waals surface area contributed by atoms with Crippen LogP contribution >= 0.6 is 0 Å². The highest BCUT2D eigenvalue weighted by Gasteiger charge is 2.40. The number of ether oxygens (including phenoxy) is 3.